The van der Waals surface area contributed by atoms with Crippen LogP contribution in [-0.2, 0) is 0 Å². The summed E-state index contributed by atoms with van der Waals surface area (Å²) < 4.78 is 10.6. The quantitative estimate of drug-likeness (QED) is 0.627. The van der Waals surface area contributed by atoms with E-state index in [1.165, 1.54) is 31.4 Å². The Kier molecular flexibility index (Phi) is 4.16. The first kappa shape index (κ1) is 14.8. The maximum Gasteiger partial charge on any atom is 0.305 e. The molecule has 108 valence electrons. The standard InChI is InChI=1S/C14H8N4O4/c1-21-13-6-9(7-15)2-4-12(13)22-14-5-3-11(18(19)20)10(8-16)17-14/h2-6H,1H3. The normalized spacial score (nSPS) is 9.41. The molecule has 0 radical (unpaired) electrons. The molecule has 0 amide bonds. The highest BCUT2D eigenvalue weighted by molar-refractivity contribution is 5.49. The summed E-state index contributed by atoms with van der Waals surface area (Å²) in [5, 5.41) is 28.5. The van der Waals surface area contributed by atoms with Crippen LogP contribution >= 0.6 is 0 Å². The third-order valence-electron chi connectivity index (χ3n) is 2.66. The van der Waals surface area contributed by atoms with Crippen LogP contribution in [0.15, 0.2) is 30.3 Å². The predicted molar refractivity (Wildman–Crippen MR) is 73.4 cm³/mol. The van der Waals surface area contributed by atoms with Crippen molar-refractivity contribution in [3.63, 3.8) is 0 Å². The fourth-order valence-electron chi connectivity index (χ4n) is 1.65. The van der Waals surface area contributed by atoms with Crippen LogP contribution in [0.25, 0.3) is 0 Å². The summed E-state index contributed by atoms with van der Waals surface area (Å²) in [6.07, 6.45) is 0. The number of nitrogens with zero attached hydrogens (tertiary/aromatic N) is 4. The van der Waals surface area contributed by atoms with Gasteiger partial charge in [0.15, 0.2) is 11.5 Å². The number of hydrogen-bond acceptors (Lipinski definition) is 7. The fourth-order valence-corrected chi connectivity index (χ4v) is 1.65. The topological polar surface area (TPSA) is 122 Å². The molecule has 0 bridgehead atoms. The molecule has 0 spiro atoms. The molecule has 2 aromatic rings. The van der Waals surface area contributed by atoms with Gasteiger partial charge >= 0.3 is 5.69 Å². The Morgan fingerprint density at radius 2 is 1.95 bits per heavy atom. The number of nitro groups is 1. The number of methoxy groups -OCH3 is 1. The lowest BCUT2D eigenvalue weighted by Crippen LogP contribution is -1.98. The van der Waals surface area contributed by atoms with Crippen LogP contribution in [-0.4, -0.2) is 17.0 Å². The van der Waals surface area contributed by atoms with Crippen molar-refractivity contribution in [1.82, 2.24) is 4.98 Å². The smallest absolute Gasteiger partial charge is 0.305 e. The zero-order valence-corrected chi connectivity index (χ0v) is 11.3. The van der Waals surface area contributed by atoms with Crippen molar-refractivity contribution in [2.45, 2.75) is 0 Å². The Labute approximate surface area is 124 Å². The number of benzene rings is 1. The molecule has 0 aliphatic carbocycles. The Bertz CT molecular complexity index is 821. The van der Waals surface area contributed by atoms with Gasteiger partial charge in [-0.1, -0.05) is 0 Å². The summed E-state index contributed by atoms with van der Waals surface area (Å²) in [5.41, 5.74) is -0.365. The van der Waals surface area contributed by atoms with Gasteiger partial charge in [-0.3, -0.25) is 10.1 Å². The molecule has 0 aliphatic rings. The number of rotatable bonds is 4. The first-order chi connectivity index (χ1) is 10.6. The van der Waals surface area contributed by atoms with E-state index in [9.17, 15) is 10.1 Å². The molecule has 0 N–H and O–H groups in total. The largest absolute Gasteiger partial charge is 0.493 e. The summed E-state index contributed by atoms with van der Waals surface area (Å²) in [4.78, 5) is 13.8. The van der Waals surface area contributed by atoms with Crippen molar-refractivity contribution in [1.29, 1.82) is 10.5 Å². The van der Waals surface area contributed by atoms with Crippen LogP contribution in [0.1, 0.15) is 11.3 Å². The molecule has 0 saturated carbocycles. The van der Waals surface area contributed by atoms with Gasteiger partial charge in [0.2, 0.25) is 11.6 Å². The zero-order chi connectivity index (χ0) is 16.1. The van der Waals surface area contributed by atoms with Crippen molar-refractivity contribution in [2.24, 2.45) is 0 Å². The monoisotopic (exact) mass is 296 g/mol. The molecular weight excluding hydrogens is 288 g/mol. The second-order valence-corrected chi connectivity index (χ2v) is 3.97. The zero-order valence-electron chi connectivity index (χ0n) is 11.3. The van der Waals surface area contributed by atoms with Crippen molar-refractivity contribution >= 4 is 5.69 Å². The summed E-state index contributed by atoms with van der Waals surface area (Å²) in [5.74, 6) is 0.578. The second-order valence-electron chi connectivity index (χ2n) is 3.97. The van der Waals surface area contributed by atoms with E-state index < -0.39 is 10.6 Å². The molecule has 0 aliphatic heterocycles. The molecule has 8 heteroatoms. The van der Waals surface area contributed by atoms with Gasteiger partial charge in [-0.15, -0.1) is 0 Å². The number of pyridine rings is 1. The molecular formula is C14H8N4O4. The Balaban J connectivity index is 2.38. The summed E-state index contributed by atoms with van der Waals surface area (Å²) in [6.45, 7) is 0. The SMILES string of the molecule is COc1cc(C#N)ccc1Oc1ccc([N+](=O)[O-])c(C#N)n1. The second kappa shape index (κ2) is 6.20. The van der Waals surface area contributed by atoms with E-state index in [1.54, 1.807) is 6.07 Å². The summed E-state index contributed by atoms with van der Waals surface area (Å²) in [6, 6.07) is 10.5. The molecule has 1 aromatic carbocycles. The van der Waals surface area contributed by atoms with Crippen LogP contribution in [0, 0.1) is 32.8 Å². The minimum atomic E-state index is -0.697. The van der Waals surface area contributed by atoms with Crippen molar-refractivity contribution in [3.05, 3.63) is 51.7 Å². The fraction of sp³-hybridized carbons (Fsp3) is 0.0714. The molecule has 8 nitrogen and oxygen atoms in total. The van der Waals surface area contributed by atoms with E-state index in [1.807, 2.05) is 6.07 Å². The summed E-state index contributed by atoms with van der Waals surface area (Å²) >= 11 is 0. The molecule has 2 rings (SSSR count). The molecule has 1 heterocycles. The third kappa shape index (κ3) is 2.92. The van der Waals surface area contributed by atoms with E-state index in [0.29, 0.717) is 11.3 Å². The number of aromatic nitrogens is 1. The number of ether oxygens (including phenoxy) is 2. The minimum Gasteiger partial charge on any atom is -0.493 e. The van der Waals surface area contributed by atoms with E-state index in [2.05, 4.69) is 4.98 Å². The van der Waals surface area contributed by atoms with Gasteiger partial charge in [-0.05, 0) is 12.1 Å². The van der Waals surface area contributed by atoms with Gasteiger partial charge < -0.3 is 9.47 Å². The maximum absolute atomic E-state index is 10.7. The first-order valence-corrected chi connectivity index (χ1v) is 5.90. The van der Waals surface area contributed by atoms with Gasteiger partial charge in [0, 0.05) is 18.2 Å². The Morgan fingerprint density at radius 3 is 2.55 bits per heavy atom. The summed E-state index contributed by atoms with van der Waals surface area (Å²) in [7, 11) is 1.41. The van der Waals surface area contributed by atoms with Gasteiger partial charge in [-0.25, -0.2) is 0 Å². The predicted octanol–water partition coefficient (Wildman–Crippen LogP) is 2.53. The van der Waals surface area contributed by atoms with Crippen molar-refractivity contribution in [2.75, 3.05) is 7.11 Å². The highest BCUT2D eigenvalue weighted by atomic mass is 16.6. The van der Waals surface area contributed by atoms with E-state index in [0.717, 1.165) is 6.07 Å². The van der Waals surface area contributed by atoms with Crippen molar-refractivity contribution in [3.8, 4) is 29.5 Å². The molecule has 0 unspecified atom stereocenters. The highest BCUT2D eigenvalue weighted by Gasteiger charge is 2.17. The Morgan fingerprint density at radius 1 is 1.18 bits per heavy atom. The van der Waals surface area contributed by atoms with Crippen LogP contribution in [0.3, 0.4) is 0 Å². The minimum absolute atomic E-state index is 0.00478. The van der Waals surface area contributed by atoms with Crippen LogP contribution in [0.5, 0.6) is 17.4 Å². The lowest BCUT2D eigenvalue weighted by atomic mass is 10.2. The third-order valence-corrected chi connectivity index (χ3v) is 2.66. The number of hydrogen-bond donors (Lipinski definition) is 0. The molecule has 1 aromatic heterocycles. The molecule has 0 saturated heterocycles. The van der Waals surface area contributed by atoms with E-state index in [-0.39, 0.29) is 17.3 Å². The average molecular weight is 296 g/mol. The maximum atomic E-state index is 10.7. The number of nitriles is 2. The molecule has 0 fully saturated rings. The van der Waals surface area contributed by atoms with Gasteiger partial charge in [-0.2, -0.15) is 15.5 Å². The van der Waals surface area contributed by atoms with Crippen LogP contribution in [0.2, 0.25) is 0 Å². The molecule has 0 atom stereocenters. The lowest BCUT2D eigenvalue weighted by Gasteiger charge is -2.09. The van der Waals surface area contributed by atoms with Crippen LogP contribution in [0.4, 0.5) is 5.69 Å². The van der Waals surface area contributed by atoms with E-state index in [4.69, 9.17) is 20.0 Å². The highest BCUT2D eigenvalue weighted by Crippen LogP contribution is 2.32. The van der Waals surface area contributed by atoms with Crippen molar-refractivity contribution < 1.29 is 14.4 Å². The van der Waals surface area contributed by atoms with E-state index >= 15 is 0 Å². The average Bonchev–Trinajstić information content (AvgIpc) is 2.54. The first-order valence-electron chi connectivity index (χ1n) is 5.90. The molecule has 22 heavy (non-hydrogen) atoms. The van der Waals surface area contributed by atoms with Gasteiger partial charge in [0.1, 0.15) is 6.07 Å². The Hall–Kier alpha value is -3.65. The lowest BCUT2D eigenvalue weighted by molar-refractivity contribution is -0.385. The van der Waals surface area contributed by atoms with Gasteiger partial charge in [0.05, 0.1) is 23.7 Å². The van der Waals surface area contributed by atoms with Crippen LogP contribution < -0.4 is 9.47 Å². The van der Waals surface area contributed by atoms with Gasteiger partial charge in [0.25, 0.3) is 0 Å².